The molecular weight excluding hydrogens is 180 g/mol. The van der Waals surface area contributed by atoms with Crippen LogP contribution in [0.25, 0.3) is 0 Å². The van der Waals surface area contributed by atoms with Crippen LogP contribution in [0.15, 0.2) is 0 Å². The van der Waals surface area contributed by atoms with E-state index < -0.39 is 0 Å². The van der Waals surface area contributed by atoms with Gasteiger partial charge >= 0.3 is 0 Å². The Morgan fingerprint density at radius 3 is 3.00 bits per heavy atom. The summed E-state index contributed by atoms with van der Waals surface area (Å²) in [4.78, 5) is 0. The van der Waals surface area contributed by atoms with Gasteiger partial charge in [0.1, 0.15) is 0 Å². The van der Waals surface area contributed by atoms with Crippen molar-refractivity contribution in [3.8, 4) is 0 Å². The summed E-state index contributed by atoms with van der Waals surface area (Å²) in [5.74, 6) is 0. The fraction of sp³-hybridized carbons (Fsp3) is 1.00. The van der Waals surface area contributed by atoms with E-state index >= 15 is 0 Å². The second kappa shape index (κ2) is 7.17. The Labute approximate surface area is 86.1 Å². The van der Waals surface area contributed by atoms with E-state index in [9.17, 15) is 0 Å². The van der Waals surface area contributed by atoms with Gasteiger partial charge in [0.05, 0.1) is 12.2 Å². The van der Waals surface area contributed by atoms with E-state index in [1.807, 2.05) is 0 Å². The summed E-state index contributed by atoms with van der Waals surface area (Å²) >= 11 is 0. The number of hydrogen-bond acceptors (Lipinski definition) is 4. The molecule has 0 saturated carbocycles. The molecule has 0 aliphatic carbocycles. The third kappa shape index (κ3) is 4.37. The van der Waals surface area contributed by atoms with Gasteiger partial charge in [0.25, 0.3) is 0 Å². The van der Waals surface area contributed by atoms with E-state index in [0.717, 1.165) is 19.7 Å². The van der Waals surface area contributed by atoms with Gasteiger partial charge in [0.2, 0.25) is 0 Å². The van der Waals surface area contributed by atoms with Crippen molar-refractivity contribution in [1.29, 1.82) is 0 Å². The Bertz CT molecular complexity index is 134. The first kappa shape index (κ1) is 11.9. The SMILES string of the molecule is COC(CN)CNCC1CCCCO1. The van der Waals surface area contributed by atoms with Gasteiger partial charge in [-0.2, -0.15) is 0 Å². The second-order valence-corrected chi connectivity index (χ2v) is 3.74. The third-order valence-electron chi connectivity index (χ3n) is 2.61. The van der Waals surface area contributed by atoms with Crippen molar-refractivity contribution in [1.82, 2.24) is 5.32 Å². The first-order valence-electron chi connectivity index (χ1n) is 5.42. The molecule has 0 bridgehead atoms. The van der Waals surface area contributed by atoms with Gasteiger partial charge in [-0.05, 0) is 19.3 Å². The minimum atomic E-state index is 0.124. The quantitative estimate of drug-likeness (QED) is 0.642. The Hall–Kier alpha value is -0.160. The summed E-state index contributed by atoms with van der Waals surface area (Å²) in [5, 5.41) is 3.33. The molecular formula is C10H22N2O2. The average Bonchev–Trinajstić information content (AvgIpc) is 2.26. The number of nitrogens with two attached hydrogens (primary N) is 1. The summed E-state index contributed by atoms with van der Waals surface area (Å²) in [7, 11) is 1.69. The van der Waals surface area contributed by atoms with Gasteiger partial charge in [-0.15, -0.1) is 0 Å². The molecule has 1 aliphatic heterocycles. The highest BCUT2D eigenvalue weighted by Gasteiger charge is 2.13. The van der Waals surface area contributed by atoms with Gasteiger partial charge < -0.3 is 20.5 Å². The summed E-state index contributed by atoms with van der Waals surface area (Å²) < 4.78 is 10.8. The molecule has 4 heteroatoms. The minimum absolute atomic E-state index is 0.124. The highest BCUT2D eigenvalue weighted by molar-refractivity contribution is 4.68. The van der Waals surface area contributed by atoms with E-state index in [4.69, 9.17) is 15.2 Å². The summed E-state index contributed by atoms with van der Waals surface area (Å²) in [5.41, 5.74) is 5.51. The van der Waals surface area contributed by atoms with Gasteiger partial charge in [0.15, 0.2) is 0 Å². The molecule has 0 aromatic carbocycles. The molecule has 0 spiro atoms. The van der Waals surface area contributed by atoms with Crippen molar-refractivity contribution in [2.75, 3.05) is 33.4 Å². The molecule has 1 fully saturated rings. The monoisotopic (exact) mass is 202 g/mol. The van der Waals surface area contributed by atoms with Crippen molar-refractivity contribution in [2.45, 2.75) is 31.5 Å². The zero-order valence-corrected chi connectivity index (χ0v) is 9.00. The molecule has 2 unspecified atom stereocenters. The molecule has 2 atom stereocenters. The maximum absolute atomic E-state index is 5.59. The van der Waals surface area contributed by atoms with Crippen LogP contribution < -0.4 is 11.1 Å². The van der Waals surface area contributed by atoms with Gasteiger partial charge in [-0.25, -0.2) is 0 Å². The van der Waals surface area contributed by atoms with Crippen LogP contribution in [0.5, 0.6) is 0 Å². The fourth-order valence-corrected chi connectivity index (χ4v) is 1.64. The summed E-state index contributed by atoms with van der Waals surface area (Å²) in [6.07, 6.45) is 4.18. The number of rotatable bonds is 6. The lowest BCUT2D eigenvalue weighted by Gasteiger charge is -2.23. The third-order valence-corrected chi connectivity index (χ3v) is 2.61. The molecule has 1 saturated heterocycles. The lowest BCUT2D eigenvalue weighted by atomic mass is 10.1. The highest BCUT2D eigenvalue weighted by Crippen LogP contribution is 2.11. The van der Waals surface area contributed by atoms with Crippen molar-refractivity contribution in [3.05, 3.63) is 0 Å². The second-order valence-electron chi connectivity index (χ2n) is 3.74. The van der Waals surface area contributed by atoms with Crippen molar-refractivity contribution in [3.63, 3.8) is 0 Å². The van der Waals surface area contributed by atoms with Crippen LogP contribution in [-0.2, 0) is 9.47 Å². The minimum Gasteiger partial charge on any atom is -0.379 e. The molecule has 14 heavy (non-hydrogen) atoms. The number of nitrogens with one attached hydrogen (secondary N) is 1. The van der Waals surface area contributed by atoms with E-state index in [0.29, 0.717) is 12.6 Å². The molecule has 0 aromatic rings. The van der Waals surface area contributed by atoms with Crippen molar-refractivity contribution < 1.29 is 9.47 Å². The largest absolute Gasteiger partial charge is 0.379 e. The predicted molar refractivity (Wildman–Crippen MR) is 56.3 cm³/mol. The number of ether oxygens (including phenoxy) is 2. The lowest BCUT2D eigenvalue weighted by Crippen LogP contribution is -2.39. The van der Waals surface area contributed by atoms with Crippen LogP contribution >= 0.6 is 0 Å². The Balaban J connectivity index is 2.01. The first-order chi connectivity index (χ1) is 6.86. The zero-order chi connectivity index (χ0) is 10.2. The Morgan fingerprint density at radius 2 is 2.43 bits per heavy atom. The topological polar surface area (TPSA) is 56.5 Å². The molecule has 3 N–H and O–H groups in total. The molecule has 0 aromatic heterocycles. The molecule has 4 nitrogen and oxygen atoms in total. The molecule has 0 radical (unpaired) electrons. The van der Waals surface area contributed by atoms with E-state index in [1.54, 1.807) is 7.11 Å². The predicted octanol–water partition coefficient (Wildman–Crippen LogP) is 0.119. The smallest absolute Gasteiger partial charge is 0.0817 e. The Morgan fingerprint density at radius 1 is 1.57 bits per heavy atom. The van der Waals surface area contributed by atoms with Gasteiger partial charge in [-0.3, -0.25) is 0 Å². The van der Waals surface area contributed by atoms with Crippen molar-refractivity contribution in [2.24, 2.45) is 5.73 Å². The number of hydrogen-bond donors (Lipinski definition) is 2. The molecule has 84 valence electrons. The maximum atomic E-state index is 5.59. The standard InChI is InChI=1S/C10H22N2O2/c1-13-10(6-11)8-12-7-9-4-2-3-5-14-9/h9-10,12H,2-8,11H2,1H3. The molecule has 1 aliphatic rings. The van der Waals surface area contributed by atoms with Gasteiger partial charge in [0, 0.05) is 33.4 Å². The molecule has 1 rings (SSSR count). The summed E-state index contributed by atoms with van der Waals surface area (Å²) in [6.45, 7) is 3.21. The van der Waals surface area contributed by atoms with Crippen LogP contribution in [0, 0.1) is 0 Å². The zero-order valence-electron chi connectivity index (χ0n) is 9.00. The van der Waals surface area contributed by atoms with E-state index in [2.05, 4.69) is 5.32 Å². The molecule has 0 amide bonds. The average molecular weight is 202 g/mol. The molecule has 1 heterocycles. The Kier molecular flexibility index (Phi) is 6.10. The van der Waals surface area contributed by atoms with Crippen LogP contribution in [0.1, 0.15) is 19.3 Å². The van der Waals surface area contributed by atoms with E-state index in [-0.39, 0.29) is 6.10 Å². The first-order valence-corrected chi connectivity index (χ1v) is 5.42. The van der Waals surface area contributed by atoms with Crippen LogP contribution in [0.3, 0.4) is 0 Å². The fourth-order valence-electron chi connectivity index (χ4n) is 1.64. The maximum Gasteiger partial charge on any atom is 0.0817 e. The van der Waals surface area contributed by atoms with Crippen LogP contribution in [-0.4, -0.2) is 45.6 Å². The van der Waals surface area contributed by atoms with Gasteiger partial charge in [-0.1, -0.05) is 0 Å². The van der Waals surface area contributed by atoms with Crippen LogP contribution in [0.2, 0.25) is 0 Å². The lowest BCUT2D eigenvalue weighted by molar-refractivity contribution is 0.0142. The number of methoxy groups -OCH3 is 1. The summed E-state index contributed by atoms with van der Waals surface area (Å²) in [6, 6.07) is 0. The normalized spacial score (nSPS) is 24.9. The van der Waals surface area contributed by atoms with Crippen molar-refractivity contribution >= 4 is 0 Å². The van der Waals surface area contributed by atoms with E-state index in [1.165, 1.54) is 19.3 Å². The van der Waals surface area contributed by atoms with Crippen LogP contribution in [0.4, 0.5) is 0 Å². The highest BCUT2D eigenvalue weighted by atomic mass is 16.5.